The van der Waals surface area contributed by atoms with E-state index in [4.69, 9.17) is 5.11 Å². The van der Waals surface area contributed by atoms with Crippen LogP contribution in [0.25, 0.3) is 10.2 Å². The molecule has 2 N–H and O–H groups in total. The maximum absolute atomic E-state index is 12.6. The van der Waals surface area contributed by atoms with E-state index < -0.39 is 5.97 Å². The molecule has 0 saturated heterocycles. The van der Waals surface area contributed by atoms with Crippen LogP contribution < -0.4 is 10.9 Å². The fraction of sp³-hybridized carbons (Fsp3) is 0.333. The number of rotatable bonds is 6. The summed E-state index contributed by atoms with van der Waals surface area (Å²) in [6, 6.07) is 0. The van der Waals surface area contributed by atoms with Gasteiger partial charge >= 0.3 is 5.97 Å². The van der Waals surface area contributed by atoms with Gasteiger partial charge in [0.05, 0.1) is 16.7 Å². The van der Waals surface area contributed by atoms with Crippen molar-refractivity contribution in [1.29, 1.82) is 0 Å². The van der Waals surface area contributed by atoms with Gasteiger partial charge in [-0.25, -0.2) is 4.98 Å². The van der Waals surface area contributed by atoms with E-state index >= 15 is 0 Å². The van der Waals surface area contributed by atoms with E-state index in [1.54, 1.807) is 19.9 Å². The number of amides is 1. The molecule has 0 bridgehead atoms. The average molecular weight is 335 g/mol. The molecule has 0 fully saturated rings. The maximum Gasteiger partial charge on any atom is 0.305 e. The van der Waals surface area contributed by atoms with E-state index in [1.165, 1.54) is 4.57 Å². The van der Waals surface area contributed by atoms with Crippen LogP contribution in [0, 0.1) is 13.8 Å². The second kappa shape index (κ2) is 6.74. The summed E-state index contributed by atoms with van der Waals surface area (Å²) >= 11 is 1.14. The second-order valence-corrected chi connectivity index (χ2v) is 6.00. The number of thiophene rings is 1. The lowest BCUT2D eigenvalue weighted by Gasteiger charge is -2.06. The standard InChI is InChI=1S/C15H17N3O4S/c1-4-7-18-9(3)17-14-11(15(18)22)8(2)12(23-14)13(21)16-6-5-10(19)20/h4H,1,5-7H2,2-3H3,(H,16,21)(H,19,20). The normalized spacial score (nSPS) is 10.7. The molecule has 2 rings (SSSR count). The molecule has 0 aliphatic carbocycles. The third-order valence-corrected chi connectivity index (χ3v) is 4.57. The smallest absolute Gasteiger partial charge is 0.305 e. The van der Waals surface area contributed by atoms with Gasteiger partial charge in [-0.2, -0.15) is 0 Å². The highest BCUT2D eigenvalue weighted by atomic mass is 32.1. The van der Waals surface area contributed by atoms with Gasteiger partial charge in [-0.1, -0.05) is 6.08 Å². The van der Waals surface area contributed by atoms with Crippen LogP contribution in [-0.2, 0) is 11.3 Å². The average Bonchev–Trinajstić information content (AvgIpc) is 2.80. The fourth-order valence-corrected chi connectivity index (χ4v) is 3.38. The van der Waals surface area contributed by atoms with E-state index in [0.29, 0.717) is 33.0 Å². The van der Waals surface area contributed by atoms with Crippen LogP contribution in [0.4, 0.5) is 0 Å². The van der Waals surface area contributed by atoms with Gasteiger partial charge in [0.1, 0.15) is 10.7 Å². The van der Waals surface area contributed by atoms with E-state index in [2.05, 4.69) is 16.9 Å². The Labute approximate surface area is 136 Å². The molecule has 23 heavy (non-hydrogen) atoms. The number of aromatic nitrogens is 2. The summed E-state index contributed by atoms with van der Waals surface area (Å²) < 4.78 is 1.50. The summed E-state index contributed by atoms with van der Waals surface area (Å²) in [6.07, 6.45) is 1.46. The largest absolute Gasteiger partial charge is 0.481 e. The second-order valence-electron chi connectivity index (χ2n) is 5.00. The number of nitrogens with zero attached hydrogens (tertiary/aromatic N) is 2. The molecule has 0 aromatic carbocycles. The molecule has 0 aliphatic heterocycles. The molecule has 2 aromatic heterocycles. The number of carboxylic acid groups (broad SMARTS) is 1. The number of allylic oxidation sites excluding steroid dienone is 1. The van der Waals surface area contributed by atoms with Crippen LogP contribution in [0.3, 0.4) is 0 Å². The number of carbonyl (C=O) groups excluding carboxylic acids is 1. The lowest BCUT2D eigenvalue weighted by molar-refractivity contribution is -0.136. The van der Waals surface area contributed by atoms with Crippen molar-refractivity contribution in [2.45, 2.75) is 26.8 Å². The van der Waals surface area contributed by atoms with Crippen LogP contribution in [0.2, 0.25) is 0 Å². The number of hydrogen-bond donors (Lipinski definition) is 2. The quantitative estimate of drug-likeness (QED) is 0.778. The Bertz CT molecular complexity index is 851. The number of nitrogens with one attached hydrogen (secondary N) is 1. The Hall–Kier alpha value is -2.48. The zero-order valence-corrected chi connectivity index (χ0v) is 13.7. The Morgan fingerprint density at radius 2 is 2.13 bits per heavy atom. The first-order chi connectivity index (χ1) is 10.9. The van der Waals surface area contributed by atoms with Crippen LogP contribution >= 0.6 is 11.3 Å². The Morgan fingerprint density at radius 3 is 2.74 bits per heavy atom. The number of carbonyl (C=O) groups is 2. The van der Waals surface area contributed by atoms with Crippen molar-refractivity contribution in [2.24, 2.45) is 0 Å². The fourth-order valence-electron chi connectivity index (χ4n) is 2.24. The molecule has 1 amide bonds. The zero-order valence-electron chi connectivity index (χ0n) is 12.9. The lowest BCUT2D eigenvalue weighted by atomic mass is 10.2. The first kappa shape index (κ1) is 16.9. The van der Waals surface area contributed by atoms with Gasteiger partial charge in [0.15, 0.2) is 0 Å². The number of aliphatic carboxylic acids is 1. The Kier molecular flexibility index (Phi) is 4.95. The number of hydrogen-bond acceptors (Lipinski definition) is 5. The molecular formula is C15H17N3O4S. The van der Waals surface area contributed by atoms with Crippen molar-refractivity contribution < 1.29 is 14.7 Å². The SMILES string of the molecule is C=CCn1c(C)nc2sc(C(=O)NCCC(=O)O)c(C)c2c1=O. The summed E-state index contributed by atoms with van der Waals surface area (Å²) in [4.78, 5) is 40.5. The van der Waals surface area contributed by atoms with Gasteiger partial charge < -0.3 is 10.4 Å². The molecule has 2 heterocycles. The van der Waals surface area contributed by atoms with Gasteiger partial charge in [0.2, 0.25) is 0 Å². The van der Waals surface area contributed by atoms with Crippen molar-refractivity contribution in [1.82, 2.24) is 14.9 Å². The first-order valence-corrected chi connectivity index (χ1v) is 7.79. The highest BCUT2D eigenvalue weighted by Crippen LogP contribution is 2.27. The predicted molar refractivity (Wildman–Crippen MR) is 88.1 cm³/mol. The predicted octanol–water partition coefficient (Wildman–Crippen LogP) is 1.47. The van der Waals surface area contributed by atoms with Crippen LogP contribution in [0.5, 0.6) is 0 Å². The van der Waals surface area contributed by atoms with Crippen molar-refractivity contribution in [3.05, 3.63) is 39.3 Å². The van der Waals surface area contributed by atoms with Crippen molar-refractivity contribution in [3.8, 4) is 0 Å². The number of fused-ring (bicyclic) bond motifs is 1. The van der Waals surface area contributed by atoms with Gasteiger partial charge in [-0.05, 0) is 19.4 Å². The van der Waals surface area contributed by atoms with Crippen molar-refractivity contribution in [3.63, 3.8) is 0 Å². The van der Waals surface area contributed by atoms with E-state index in [9.17, 15) is 14.4 Å². The van der Waals surface area contributed by atoms with Gasteiger partial charge in [-0.3, -0.25) is 19.0 Å². The minimum atomic E-state index is -0.983. The summed E-state index contributed by atoms with van der Waals surface area (Å²) in [5.41, 5.74) is 0.360. The highest BCUT2D eigenvalue weighted by Gasteiger charge is 2.20. The zero-order chi connectivity index (χ0) is 17.1. The minimum Gasteiger partial charge on any atom is -0.481 e. The molecule has 0 atom stereocenters. The van der Waals surface area contributed by atoms with Gasteiger partial charge in [-0.15, -0.1) is 17.9 Å². The highest BCUT2D eigenvalue weighted by molar-refractivity contribution is 7.20. The molecule has 0 radical (unpaired) electrons. The summed E-state index contributed by atoms with van der Waals surface area (Å²) in [7, 11) is 0. The van der Waals surface area contributed by atoms with Crippen LogP contribution in [0.15, 0.2) is 17.4 Å². The lowest BCUT2D eigenvalue weighted by Crippen LogP contribution is -2.26. The van der Waals surface area contributed by atoms with Gasteiger partial charge in [0.25, 0.3) is 11.5 Å². The number of carboxylic acids is 1. The van der Waals surface area contributed by atoms with Crippen LogP contribution in [-0.4, -0.2) is 33.1 Å². The van der Waals surface area contributed by atoms with E-state index in [1.807, 2.05) is 0 Å². The molecule has 0 spiro atoms. The third-order valence-electron chi connectivity index (χ3n) is 3.38. The monoisotopic (exact) mass is 335 g/mol. The van der Waals surface area contributed by atoms with Crippen molar-refractivity contribution in [2.75, 3.05) is 6.54 Å². The number of aryl methyl sites for hydroxylation is 2. The topological polar surface area (TPSA) is 101 Å². The van der Waals surface area contributed by atoms with Crippen LogP contribution in [0.1, 0.15) is 27.5 Å². The molecule has 122 valence electrons. The maximum atomic E-state index is 12.6. The molecule has 2 aromatic rings. The van der Waals surface area contributed by atoms with E-state index in [-0.39, 0.29) is 24.4 Å². The molecule has 7 nitrogen and oxygen atoms in total. The Morgan fingerprint density at radius 1 is 1.43 bits per heavy atom. The summed E-state index contributed by atoms with van der Waals surface area (Å²) in [6.45, 7) is 7.44. The molecule has 0 unspecified atom stereocenters. The summed E-state index contributed by atoms with van der Waals surface area (Å²) in [5, 5.41) is 11.6. The Balaban J connectivity index is 2.44. The van der Waals surface area contributed by atoms with Gasteiger partial charge in [0, 0.05) is 13.1 Å². The molecule has 0 saturated carbocycles. The van der Waals surface area contributed by atoms with Crippen molar-refractivity contribution >= 4 is 33.4 Å². The molecular weight excluding hydrogens is 318 g/mol. The molecule has 8 heteroatoms. The molecule has 0 aliphatic rings. The minimum absolute atomic E-state index is 0.0367. The summed E-state index contributed by atoms with van der Waals surface area (Å²) in [5.74, 6) is -0.816. The third kappa shape index (κ3) is 3.31. The first-order valence-electron chi connectivity index (χ1n) is 6.98. The van der Waals surface area contributed by atoms with E-state index in [0.717, 1.165) is 11.3 Å².